The van der Waals surface area contributed by atoms with E-state index in [2.05, 4.69) is 21.9 Å². The fraction of sp³-hybridized carbons (Fsp3) is 0.692. The van der Waals surface area contributed by atoms with Gasteiger partial charge in [0.1, 0.15) is 11.6 Å². The fourth-order valence-electron chi connectivity index (χ4n) is 3.71. The molecule has 3 atom stereocenters. The number of nitrogens with zero attached hydrogens (tertiary/aromatic N) is 3. The average Bonchev–Trinajstić information content (AvgIpc) is 2.89. The molecule has 18 heavy (non-hydrogen) atoms. The zero-order chi connectivity index (χ0) is 12.7. The minimum absolute atomic E-state index is 0.254. The summed E-state index contributed by atoms with van der Waals surface area (Å²) in [5.74, 6) is 4.25. The molecule has 4 N–H and O–H groups in total. The maximum Gasteiger partial charge on any atom is 0.223 e. The Morgan fingerprint density at radius 3 is 2.72 bits per heavy atom. The van der Waals surface area contributed by atoms with Gasteiger partial charge in [-0.1, -0.05) is 6.42 Å². The predicted octanol–water partition coefficient (Wildman–Crippen LogP) is 1.51. The second-order valence-electron chi connectivity index (χ2n) is 5.82. The van der Waals surface area contributed by atoms with Crippen molar-refractivity contribution in [2.75, 3.05) is 30.0 Å². The summed E-state index contributed by atoms with van der Waals surface area (Å²) in [6.45, 7) is 1.05. The van der Waals surface area contributed by atoms with Crippen LogP contribution in [-0.4, -0.2) is 23.6 Å². The number of rotatable bonds is 3. The molecule has 3 unspecified atom stereocenters. The zero-order valence-electron chi connectivity index (χ0n) is 10.8. The van der Waals surface area contributed by atoms with Crippen LogP contribution in [0.15, 0.2) is 6.07 Å². The fourth-order valence-corrected chi connectivity index (χ4v) is 3.71. The first-order chi connectivity index (χ1) is 8.61. The largest absolute Gasteiger partial charge is 0.383 e. The molecule has 0 saturated heterocycles. The van der Waals surface area contributed by atoms with Gasteiger partial charge in [0.05, 0.1) is 0 Å². The third-order valence-corrected chi connectivity index (χ3v) is 4.53. The van der Waals surface area contributed by atoms with Gasteiger partial charge < -0.3 is 16.4 Å². The lowest BCUT2D eigenvalue weighted by Gasteiger charge is -2.28. The number of nitrogen functional groups attached to an aromatic ring is 2. The highest BCUT2D eigenvalue weighted by Gasteiger charge is 2.39. The number of hydrogen-bond acceptors (Lipinski definition) is 5. The Bertz CT molecular complexity index is 427. The molecular formula is C13H21N5. The van der Waals surface area contributed by atoms with Gasteiger partial charge in [-0.25, -0.2) is 0 Å². The molecule has 2 aliphatic carbocycles. The summed E-state index contributed by atoms with van der Waals surface area (Å²) < 4.78 is 0. The van der Waals surface area contributed by atoms with E-state index in [0.717, 1.165) is 30.1 Å². The minimum atomic E-state index is 0.254. The van der Waals surface area contributed by atoms with E-state index in [9.17, 15) is 0 Å². The van der Waals surface area contributed by atoms with Crippen molar-refractivity contribution in [3.05, 3.63) is 6.07 Å². The Hall–Kier alpha value is -1.52. The summed E-state index contributed by atoms with van der Waals surface area (Å²) in [6.07, 6.45) is 5.67. The Kier molecular flexibility index (Phi) is 2.76. The van der Waals surface area contributed by atoms with Crippen LogP contribution in [-0.2, 0) is 0 Å². The monoisotopic (exact) mass is 247 g/mol. The first-order valence-electron chi connectivity index (χ1n) is 6.73. The van der Waals surface area contributed by atoms with Gasteiger partial charge in [0.2, 0.25) is 5.95 Å². The molecule has 2 saturated carbocycles. The molecule has 2 bridgehead atoms. The Morgan fingerprint density at radius 2 is 2.11 bits per heavy atom. The lowest BCUT2D eigenvalue weighted by atomic mass is 9.88. The van der Waals surface area contributed by atoms with E-state index < -0.39 is 0 Å². The van der Waals surface area contributed by atoms with Crippen LogP contribution in [0.5, 0.6) is 0 Å². The first-order valence-corrected chi connectivity index (χ1v) is 6.73. The summed E-state index contributed by atoms with van der Waals surface area (Å²) in [5.41, 5.74) is 11.3. The van der Waals surface area contributed by atoms with Crippen molar-refractivity contribution in [2.45, 2.75) is 25.7 Å². The highest BCUT2D eigenvalue weighted by atomic mass is 15.2. The molecular weight excluding hydrogens is 226 g/mol. The van der Waals surface area contributed by atoms with E-state index in [1.807, 2.05) is 0 Å². The summed E-state index contributed by atoms with van der Waals surface area (Å²) in [6, 6.07) is 1.80. The van der Waals surface area contributed by atoms with Gasteiger partial charge in [-0.2, -0.15) is 9.97 Å². The van der Waals surface area contributed by atoms with Gasteiger partial charge in [0.15, 0.2) is 0 Å². The quantitative estimate of drug-likeness (QED) is 0.846. The van der Waals surface area contributed by atoms with Crippen molar-refractivity contribution >= 4 is 17.6 Å². The molecule has 2 fully saturated rings. The van der Waals surface area contributed by atoms with E-state index in [1.54, 1.807) is 6.07 Å². The second-order valence-corrected chi connectivity index (χ2v) is 5.82. The standard InChI is InChI=1S/C13H21N5/c1-18(12-6-11(14)16-13(15)17-12)7-10-5-8-2-3-9(10)4-8/h6,8-10H,2-5,7H2,1H3,(H4,14,15,16,17). The van der Waals surface area contributed by atoms with E-state index in [0.29, 0.717) is 5.82 Å². The van der Waals surface area contributed by atoms with Gasteiger partial charge in [-0.05, 0) is 37.0 Å². The summed E-state index contributed by atoms with van der Waals surface area (Å²) in [4.78, 5) is 10.3. The van der Waals surface area contributed by atoms with Crippen molar-refractivity contribution < 1.29 is 0 Å². The van der Waals surface area contributed by atoms with Crippen LogP contribution in [0.25, 0.3) is 0 Å². The summed E-state index contributed by atoms with van der Waals surface area (Å²) in [7, 11) is 2.06. The highest BCUT2D eigenvalue weighted by molar-refractivity contribution is 5.49. The molecule has 5 nitrogen and oxygen atoms in total. The van der Waals surface area contributed by atoms with Crippen LogP contribution < -0.4 is 16.4 Å². The van der Waals surface area contributed by atoms with Crippen LogP contribution in [0.2, 0.25) is 0 Å². The number of aromatic nitrogens is 2. The van der Waals surface area contributed by atoms with E-state index >= 15 is 0 Å². The first kappa shape index (κ1) is 11.6. The molecule has 1 heterocycles. The van der Waals surface area contributed by atoms with E-state index in [-0.39, 0.29) is 5.95 Å². The molecule has 0 spiro atoms. The van der Waals surface area contributed by atoms with Gasteiger partial charge in [-0.3, -0.25) is 0 Å². The number of hydrogen-bond donors (Lipinski definition) is 2. The van der Waals surface area contributed by atoms with Crippen molar-refractivity contribution in [3.63, 3.8) is 0 Å². The average molecular weight is 247 g/mol. The van der Waals surface area contributed by atoms with E-state index in [4.69, 9.17) is 11.5 Å². The molecule has 3 rings (SSSR count). The van der Waals surface area contributed by atoms with Crippen LogP contribution in [0.3, 0.4) is 0 Å². The molecule has 1 aromatic rings. The third kappa shape index (κ3) is 2.09. The molecule has 1 aromatic heterocycles. The SMILES string of the molecule is CN(CC1CC2CCC1C2)c1cc(N)nc(N)n1. The number of nitrogens with two attached hydrogens (primary N) is 2. The van der Waals surface area contributed by atoms with Crippen molar-refractivity contribution in [3.8, 4) is 0 Å². The number of anilines is 3. The molecule has 0 radical (unpaired) electrons. The van der Waals surface area contributed by atoms with Crippen molar-refractivity contribution in [1.29, 1.82) is 0 Å². The van der Waals surface area contributed by atoms with Crippen molar-refractivity contribution in [1.82, 2.24) is 9.97 Å². The Morgan fingerprint density at radius 1 is 1.28 bits per heavy atom. The molecule has 2 aliphatic rings. The summed E-state index contributed by atoms with van der Waals surface area (Å²) in [5, 5.41) is 0. The maximum absolute atomic E-state index is 5.71. The Labute approximate surface area is 108 Å². The number of fused-ring (bicyclic) bond motifs is 2. The molecule has 0 aromatic carbocycles. The van der Waals surface area contributed by atoms with Crippen LogP contribution in [0.1, 0.15) is 25.7 Å². The van der Waals surface area contributed by atoms with Gasteiger partial charge in [0, 0.05) is 19.7 Å². The van der Waals surface area contributed by atoms with Crippen LogP contribution in [0.4, 0.5) is 17.6 Å². The topological polar surface area (TPSA) is 81.1 Å². The van der Waals surface area contributed by atoms with E-state index in [1.165, 1.54) is 25.7 Å². The molecule has 5 heteroatoms. The summed E-state index contributed by atoms with van der Waals surface area (Å²) >= 11 is 0. The second kappa shape index (κ2) is 4.30. The Balaban J connectivity index is 1.69. The zero-order valence-corrected chi connectivity index (χ0v) is 10.8. The van der Waals surface area contributed by atoms with Crippen LogP contribution in [0, 0.1) is 17.8 Å². The lowest BCUT2D eigenvalue weighted by Crippen LogP contribution is -2.29. The smallest absolute Gasteiger partial charge is 0.223 e. The minimum Gasteiger partial charge on any atom is -0.383 e. The van der Waals surface area contributed by atoms with Gasteiger partial charge in [0.25, 0.3) is 0 Å². The molecule has 0 aliphatic heterocycles. The van der Waals surface area contributed by atoms with Gasteiger partial charge >= 0.3 is 0 Å². The van der Waals surface area contributed by atoms with Crippen molar-refractivity contribution in [2.24, 2.45) is 17.8 Å². The van der Waals surface area contributed by atoms with Crippen LogP contribution >= 0.6 is 0 Å². The van der Waals surface area contributed by atoms with Gasteiger partial charge in [-0.15, -0.1) is 0 Å². The molecule has 98 valence electrons. The third-order valence-electron chi connectivity index (χ3n) is 4.53. The maximum atomic E-state index is 5.71. The lowest BCUT2D eigenvalue weighted by molar-refractivity contribution is 0.337. The predicted molar refractivity (Wildman–Crippen MR) is 73.1 cm³/mol. The highest BCUT2D eigenvalue weighted by Crippen LogP contribution is 2.48. The normalized spacial score (nSPS) is 29.7. The molecule has 0 amide bonds.